The van der Waals surface area contributed by atoms with Crippen molar-refractivity contribution in [3.8, 4) is 11.5 Å². The zero-order valence-electron chi connectivity index (χ0n) is 10.4. The van der Waals surface area contributed by atoms with E-state index in [2.05, 4.69) is 4.74 Å². The standard InChI is InChI=1S/C12H15FO5/c1-7(14)6-18-11-9(13)4-8(12(15)17-3)5-10(11)16-2/h4-5,7,14H,6H2,1-3H3. The lowest BCUT2D eigenvalue weighted by molar-refractivity contribution is 0.0599. The Balaban J connectivity index is 3.07. The maximum absolute atomic E-state index is 13.8. The second-order valence-corrected chi connectivity index (χ2v) is 3.64. The van der Waals surface area contributed by atoms with Crippen LogP contribution in [0.1, 0.15) is 17.3 Å². The Hall–Kier alpha value is -1.82. The maximum Gasteiger partial charge on any atom is 0.338 e. The predicted octanol–water partition coefficient (Wildman–Crippen LogP) is 1.38. The van der Waals surface area contributed by atoms with Gasteiger partial charge in [-0.25, -0.2) is 9.18 Å². The summed E-state index contributed by atoms with van der Waals surface area (Å²) in [7, 11) is 2.52. The van der Waals surface area contributed by atoms with E-state index in [1.54, 1.807) is 0 Å². The molecule has 0 fully saturated rings. The van der Waals surface area contributed by atoms with Crippen LogP contribution in [0, 0.1) is 5.82 Å². The highest BCUT2D eigenvalue weighted by atomic mass is 19.1. The van der Waals surface area contributed by atoms with Gasteiger partial charge in [0.25, 0.3) is 0 Å². The summed E-state index contributed by atoms with van der Waals surface area (Å²) in [6.45, 7) is 1.43. The molecule has 0 aromatic heterocycles. The Labute approximate surface area is 104 Å². The molecule has 1 rings (SSSR count). The minimum Gasteiger partial charge on any atom is -0.493 e. The molecule has 1 atom stereocenters. The van der Waals surface area contributed by atoms with E-state index in [-0.39, 0.29) is 23.7 Å². The van der Waals surface area contributed by atoms with Gasteiger partial charge in [0.1, 0.15) is 6.61 Å². The fourth-order valence-electron chi connectivity index (χ4n) is 1.30. The Morgan fingerprint density at radius 3 is 2.61 bits per heavy atom. The Kier molecular flexibility index (Phi) is 4.91. The molecule has 5 nitrogen and oxygen atoms in total. The van der Waals surface area contributed by atoms with Crippen molar-refractivity contribution in [3.63, 3.8) is 0 Å². The van der Waals surface area contributed by atoms with Crippen molar-refractivity contribution >= 4 is 5.97 Å². The summed E-state index contributed by atoms with van der Waals surface area (Å²) in [5, 5.41) is 9.09. The van der Waals surface area contributed by atoms with Gasteiger partial charge in [0.2, 0.25) is 0 Å². The number of benzene rings is 1. The van der Waals surface area contributed by atoms with Gasteiger partial charge in [0.05, 0.1) is 25.9 Å². The van der Waals surface area contributed by atoms with Crippen LogP contribution in [0.15, 0.2) is 12.1 Å². The van der Waals surface area contributed by atoms with Gasteiger partial charge in [0.15, 0.2) is 17.3 Å². The topological polar surface area (TPSA) is 65.0 Å². The highest BCUT2D eigenvalue weighted by Crippen LogP contribution is 2.32. The van der Waals surface area contributed by atoms with Crippen molar-refractivity contribution in [2.45, 2.75) is 13.0 Å². The number of hydrogen-bond donors (Lipinski definition) is 1. The van der Waals surface area contributed by atoms with Gasteiger partial charge < -0.3 is 19.3 Å². The van der Waals surface area contributed by atoms with Gasteiger partial charge in [0, 0.05) is 0 Å². The summed E-state index contributed by atoms with van der Waals surface area (Å²) < 4.78 is 28.3. The molecule has 0 aliphatic carbocycles. The van der Waals surface area contributed by atoms with Crippen LogP contribution in [0.2, 0.25) is 0 Å². The molecule has 1 N–H and O–H groups in total. The Morgan fingerprint density at radius 1 is 1.44 bits per heavy atom. The maximum atomic E-state index is 13.8. The van der Waals surface area contributed by atoms with Crippen molar-refractivity contribution in [1.29, 1.82) is 0 Å². The van der Waals surface area contributed by atoms with Crippen LogP contribution >= 0.6 is 0 Å². The molecule has 0 saturated carbocycles. The van der Waals surface area contributed by atoms with E-state index in [0.29, 0.717) is 0 Å². The molecule has 0 spiro atoms. The molecule has 0 aliphatic heterocycles. The lowest BCUT2D eigenvalue weighted by atomic mass is 10.2. The lowest BCUT2D eigenvalue weighted by Crippen LogP contribution is -2.14. The second-order valence-electron chi connectivity index (χ2n) is 3.64. The van der Waals surface area contributed by atoms with Crippen molar-refractivity contribution in [2.24, 2.45) is 0 Å². The number of methoxy groups -OCH3 is 2. The zero-order valence-corrected chi connectivity index (χ0v) is 10.4. The summed E-state index contributed by atoms with van der Waals surface area (Å²) in [6.07, 6.45) is -0.741. The molecule has 1 aromatic carbocycles. The minimum absolute atomic E-state index is 0.0243. The smallest absolute Gasteiger partial charge is 0.338 e. The number of aliphatic hydroxyl groups excluding tert-OH is 1. The van der Waals surface area contributed by atoms with Crippen LogP contribution in [0.5, 0.6) is 11.5 Å². The molecule has 0 amide bonds. The van der Waals surface area contributed by atoms with Crippen molar-refractivity contribution < 1.29 is 28.5 Å². The van der Waals surface area contributed by atoms with Crippen LogP contribution in [0.4, 0.5) is 4.39 Å². The predicted molar refractivity (Wildman–Crippen MR) is 61.5 cm³/mol. The van der Waals surface area contributed by atoms with E-state index in [0.717, 1.165) is 6.07 Å². The normalized spacial score (nSPS) is 11.8. The van der Waals surface area contributed by atoms with Crippen molar-refractivity contribution in [2.75, 3.05) is 20.8 Å². The number of carbonyl (C=O) groups excluding carboxylic acids is 1. The first-order chi connectivity index (χ1) is 8.49. The van der Waals surface area contributed by atoms with Crippen LogP contribution < -0.4 is 9.47 Å². The van der Waals surface area contributed by atoms with Crippen LogP contribution in [0.3, 0.4) is 0 Å². The number of esters is 1. The molecule has 0 aliphatic rings. The van der Waals surface area contributed by atoms with E-state index < -0.39 is 17.9 Å². The number of halogens is 1. The quantitative estimate of drug-likeness (QED) is 0.808. The van der Waals surface area contributed by atoms with E-state index in [1.807, 2.05) is 0 Å². The first-order valence-electron chi connectivity index (χ1n) is 5.26. The summed E-state index contributed by atoms with van der Waals surface area (Å²) in [6, 6.07) is 2.30. The molecule has 6 heteroatoms. The van der Waals surface area contributed by atoms with Crippen molar-refractivity contribution in [3.05, 3.63) is 23.5 Å². The highest BCUT2D eigenvalue weighted by molar-refractivity contribution is 5.90. The third-order valence-corrected chi connectivity index (χ3v) is 2.12. The van der Waals surface area contributed by atoms with Gasteiger partial charge in [-0.2, -0.15) is 0 Å². The number of rotatable bonds is 5. The fraction of sp³-hybridized carbons (Fsp3) is 0.417. The Bertz CT molecular complexity index is 431. The summed E-state index contributed by atoms with van der Waals surface area (Å²) in [5.41, 5.74) is 0.0243. The first kappa shape index (κ1) is 14.2. The van der Waals surface area contributed by atoms with Crippen LogP contribution in [-0.4, -0.2) is 38.0 Å². The second kappa shape index (κ2) is 6.20. The first-order valence-corrected chi connectivity index (χ1v) is 5.26. The zero-order chi connectivity index (χ0) is 13.7. The minimum atomic E-state index is -0.754. The molecule has 0 saturated heterocycles. The average Bonchev–Trinajstić information content (AvgIpc) is 2.35. The van der Waals surface area contributed by atoms with Gasteiger partial charge in [-0.05, 0) is 19.1 Å². The van der Waals surface area contributed by atoms with Crippen molar-refractivity contribution in [1.82, 2.24) is 0 Å². The van der Waals surface area contributed by atoms with Gasteiger partial charge in [-0.3, -0.25) is 0 Å². The Morgan fingerprint density at radius 2 is 2.11 bits per heavy atom. The molecule has 1 unspecified atom stereocenters. The molecule has 18 heavy (non-hydrogen) atoms. The van der Waals surface area contributed by atoms with E-state index >= 15 is 0 Å². The molecule has 0 heterocycles. The van der Waals surface area contributed by atoms with E-state index in [4.69, 9.17) is 14.6 Å². The summed E-state index contributed by atoms with van der Waals surface area (Å²) in [4.78, 5) is 11.3. The lowest BCUT2D eigenvalue weighted by Gasteiger charge is -2.13. The highest BCUT2D eigenvalue weighted by Gasteiger charge is 2.17. The van der Waals surface area contributed by atoms with Crippen LogP contribution in [0.25, 0.3) is 0 Å². The molecule has 0 radical (unpaired) electrons. The average molecular weight is 258 g/mol. The van der Waals surface area contributed by atoms with Gasteiger partial charge in [-0.15, -0.1) is 0 Å². The largest absolute Gasteiger partial charge is 0.493 e. The van der Waals surface area contributed by atoms with E-state index in [9.17, 15) is 9.18 Å². The molecule has 0 bridgehead atoms. The third-order valence-electron chi connectivity index (χ3n) is 2.12. The van der Waals surface area contributed by atoms with E-state index in [1.165, 1.54) is 27.2 Å². The monoisotopic (exact) mass is 258 g/mol. The third kappa shape index (κ3) is 3.33. The number of aliphatic hydroxyl groups is 1. The van der Waals surface area contributed by atoms with Crippen LogP contribution in [-0.2, 0) is 4.74 Å². The summed E-state index contributed by atoms with van der Waals surface area (Å²) >= 11 is 0. The fourth-order valence-corrected chi connectivity index (χ4v) is 1.30. The molecule has 1 aromatic rings. The SMILES string of the molecule is COC(=O)c1cc(F)c(OCC(C)O)c(OC)c1. The molecule has 100 valence electrons. The van der Waals surface area contributed by atoms with Gasteiger partial charge >= 0.3 is 5.97 Å². The number of carbonyl (C=O) groups is 1. The number of hydrogen-bond acceptors (Lipinski definition) is 5. The molecular formula is C12H15FO5. The molecular weight excluding hydrogens is 243 g/mol. The van der Waals surface area contributed by atoms with Gasteiger partial charge in [-0.1, -0.05) is 0 Å². The summed E-state index contributed by atoms with van der Waals surface area (Å²) in [5.74, 6) is -1.51. The number of ether oxygens (including phenoxy) is 3.